The van der Waals surface area contributed by atoms with Gasteiger partial charge in [0.1, 0.15) is 0 Å². The van der Waals surface area contributed by atoms with Crippen LogP contribution < -0.4 is 5.32 Å². The smallest absolute Gasteiger partial charge is 0.193 e. The minimum Gasteiger partial charge on any atom is -0.375 e. The van der Waals surface area contributed by atoms with Gasteiger partial charge in [-0.2, -0.15) is 0 Å². The number of hydrogen-bond acceptors (Lipinski definition) is 5. The molecule has 2 aliphatic heterocycles. The summed E-state index contributed by atoms with van der Waals surface area (Å²) in [5.74, 6) is 1.00. The number of benzene rings is 1. The van der Waals surface area contributed by atoms with Gasteiger partial charge in [-0.1, -0.05) is 30.3 Å². The third-order valence-electron chi connectivity index (χ3n) is 4.23. The highest BCUT2D eigenvalue weighted by Crippen LogP contribution is 2.10. The van der Waals surface area contributed by atoms with Crippen LogP contribution in [0.4, 0.5) is 0 Å². The maximum absolute atomic E-state index is 5.99. The fourth-order valence-electron chi connectivity index (χ4n) is 3.01. The van der Waals surface area contributed by atoms with Crippen LogP contribution in [0.25, 0.3) is 0 Å². The fourth-order valence-corrected chi connectivity index (χ4v) is 3.01. The van der Waals surface area contributed by atoms with Crippen molar-refractivity contribution in [2.75, 3.05) is 46.4 Å². The SMILES string of the molecule is CN1CCN=C1NCC1CN(Cc2ccccc2)CCCO1. The van der Waals surface area contributed by atoms with E-state index in [1.807, 2.05) is 0 Å². The first-order valence-electron chi connectivity index (χ1n) is 8.18. The molecule has 1 saturated heterocycles. The monoisotopic (exact) mass is 302 g/mol. The number of aliphatic imine (C=N–C) groups is 1. The molecule has 3 rings (SSSR count). The molecule has 1 aromatic rings. The molecule has 0 aliphatic carbocycles. The summed E-state index contributed by atoms with van der Waals surface area (Å²) in [6, 6.07) is 10.7. The third kappa shape index (κ3) is 4.21. The molecule has 5 heteroatoms. The summed E-state index contributed by atoms with van der Waals surface area (Å²) in [6.07, 6.45) is 1.33. The minimum absolute atomic E-state index is 0.225. The molecule has 0 bridgehead atoms. The van der Waals surface area contributed by atoms with Crippen molar-refractivity contribution in [3.8, 4) is 0 Å². The van der Waals surface area contributed by atoms with E-state index in [0.29, 0.717) is 0 Å². The van der Waals surface area contributed by atoms with Crippen molar-refractivity contribution in [2.45, 2.75) is 19.1 Å². The lowest BCUT2D eigenvalue weighted by Crippen LogP contribution is -2.43. The van der Waals surface area contributed by atoms with E-state index in [-0.39, 0.29) is 6.10 Å². The fraction of sp³-hybridized carbons (Fsp3) is 0.588. The quantitative estimate of drug-likeness (QED) is 0.906. The Balaban J connectivity index is 1.51. The predicted octanol–water partition coefficient (Wildman–Crippen LogP) is 1.17. The Morgan fingerprint density at radius 2 is 2.14 bits per heavy atom. The average molecular weight is 302 g/mol. The first-order chi connectivity index (χ1) is 10.8. The van der Waals surface area contributed by atoms with E-state index >= 15 is 0 Å². The highest BCUT2D eigenvalue weighted by Gasteiger charge is 2.20. The molecule has 0 aromatic heterocycles. The summed E-state index contributed by atoms with van der Waals surface area (Å²) in [7, 11) is 2.08. The van der Waals surface area contributed by atoms with E-state index in [4.69, 9.17) is 4.74 Å². The van der Waals surface area contributed by atoms with E-state index in [0.717, 1.165) is 58.3 Å². The molecule has 5 nitrogen and oxygen atoms in total. The number of nitrogens with zero attached hydrogens (tertiary/aromatic N) is 3. The Labute approximate surface area is 133 Å². The Kier molecular flexibility index (Phi) is 5.29. The van der Waals surface area contributed by atoms with Gasteiger partial charge in [-0.3, -0.25) is 9.89 Å². The molecule has 0 amide bonds. The third-order valence-corrected chi connectivity index (χ3v) is 4.23. The van der Waals surface area contributed by atoms with E-state index in [2.05, 4.69) is 57.5 Å². The van der Waals surface area contributed by atoms with Crippen molar-refractivity contribution in [1.29, 1.82) is 0 Å². The van der Waals surface area contributed by atoms with E-state index in [1.54, 1.807) is 0 Å². The van der Waals surface area contributed by atoms with Crippen LogP contribution in [0.2, 0.25) is 0 Å². The molecule has 1 N–H and O–H groups in total. The van der Waals surface area contributed by atoms with Crippen molar-refractivity contribution < 1.29 is 4.74 Å². The second-order valence-electron chi connectivity index (χ2n) is 6.07. The summed E-state index contributed by atoms with van der Waals surface area (Å²) < 4.78 is 5.99. The zero-order valence-electron chi connectivity index (χ0n) is 13.4. The highest BCUT2D eigenvalue weighted by molar-refractivity contribution is 5.81. The summed E-state index contributed by atoms with van der Waals surface area (Å²) >= 11 is 0. The Hall–Kier alpha value is -1.59. The van der Waals surface area contributed by atoms with Gasteiger partial charge in [-0.25, -0.2) is 0 Å². The summed E-state index contributed by atoms with van der Waals surface area (Å²) in [5, 5.41) is 3.44. The lowest BCUT2D eigenvalue weighted by atomic mass is 10.2. The second-order valence-corrected chi connectivity index (χ2v) is 6.07. The summed E-state index contributed by atoms with van der Waals surface area (Å²) in [6.45, 7) is 6.65. The molecule has 1 atom stereocenters. The molecule has 0 spiro atoms. The molecule has 1 unspecified atom stereocenters. The molecule has 120 valence electrons. The summed E-state index contributed by atoms with van der Waals surface area (Å²) in [5.41, 5.74) is 1.37. The summed E-state index contributed by atoms with van der Waals surface area (Å²) in [4.78, 5) is 9.13. The van der Waals surface area contributed by atoms with Crippen LogP contribution in [0.15, 0.2) is 35.3 Å². The van der Waals surface area contributed by atoms with Gasteiger partial charge in [0, 0.05) is 46.4 Å². The van der Waals surface area contributed by atoms with E-state index < -0.39 is 0 Å². The predicted molar refractivity (Wildman–Crippen MR) is 89.0 cm³/mol. The lowest BCUT2D eigenvalue weighted by Gasteiger charge is -2.25. The van der Waals surface area contributed by atoms with E-state index in [1.165, 1.54) is 5.56 Å². The Bertz CT molecular complexity index is 491. The normalized spacial score (nSPS) is 23.2. The van der Waals surface area contributed by atoms with Gasteiger partial charge < -0.3 is 15.0 Å². The van der Waals surface area contributed by atoms with Gasteiger partial charge in [0.2, 0.25) is 0 Å². The van der Waals surface area contributed by atoms with Gasteiger partial charge in [0.25, 0.3) is 0 Å². The Morgan fingerprint density at radius 1 is 1.27 bits per heavy atom. The van der Waals surface area contributed by atoms with Crippen LogP contribution in [-0.2, 0) is 11.3 Å². The zero-order valence-corrected chi connectivity index (χ0v) is 13.4. The number of likely N-dealkylation sites (N-methyl/N-ethyl adjacent to an activating group) is 1. The molecular formula is C17H26N4O. The number of guanidine groups is 1. The van der Waals surface area contributed by atoms with Crippen molar-refractivity contribution in [3.05, 3.63) is 35.9 Å². The molecular weight excluding hydrogens is 276 g/mol. The van der Waals surface area contributed by atoms with Crippen LogP contribution in [0.5, 0.6) is 0 Å². The van der Waals surface area contributed by atoms with Crippen LogP contribution >= 0.6 is 0 Å². The van der Waals surface area contributed by atoms with E-state index in [9.17, 15) is 0 Å². The highest BCUT2D eigenvalue weighted by atomic mass is 16.5. The molecule has 2 heterocycles. The van der Waals surface area contributed by atoms with Crippen LogP contribution in [0.1, 0.15) is 12.0 Å². The molecule has 22 heavy (non-hydrogen) atoms. The van der Waals surface area contributed by atoms with Crippen LogP contribution in [0, 0.1) is 0 Å². The standard InChI is InChI=1S/C17H26N4O/c1-20-10-8-18-17(20)19-12-16-14-21(9-5-11-22-16)13-15-6-3-2-4-7-15/h2-4,6-7,16H,5,8-14H2,1H3,(H,18,19). The van der Waals surface area contributed by atoms with Crippen LogP contribution in [-0.4, -0.2) is 68.2 Å². The maximum atomic E-state index is 5.99. The van der Waals surface area contributed by atoms with Gasteiger partial charge in [-0.15, -0.1) is 0 Å². The second kappa shape index (κ2) is 7.61. The largest absolute Gasteiger partial charge is 0.375 e. The van der Waals surface area contributed by atoms with Gasteiger partial charge in [-0.05, 0) is 12.0 Å². The molecule has 1 fully saturated rings. The number of rotatable bonds is 4. The molecule has 0 radical (unpaired) electrons. The lowest BCUT2D eigenvalue weighted by molar-refractivity contribution is 0.0562. The number of nitrogens with one attached hydrogen (secondary N) is 1. The molecule has 2 aliphatic rings. The van der Waals surface area contributed by atoms with Crippen molar-refractivity contribution in [3.63, 3.8) is 0 Å². The van der Waals surface area contributed by atoms with Gasteiger partial charge in [0.05, 0.1) is 12.6 Å². The Morgan fingerprint density at radius 3 is 2.91 bits per heavy atom. The number of hydrogen-bond donors (Lipinski definition) is 1. The first-order valence-corrected chi connectivity index (χ1v) is 8.18. The van der Waals surface area contributed by atoms with Crippen LogP contribution in [0.3, 0.4) is 0 Å². The topological polar surface area (TPSA) is 40.1 Å². The van der Waals surface area contributed by atoms with Crippen molar-refractivity contribution in [1.82, 2.24) is 15.1 Å². The van der Waals surface area contributed by atoms with Gasteiger partial charge in [0.15, 0.2) is 5.96 Å². The maximum Gasteiger partial charge on any atom is 0.193 e. The van der Waals surface area contributed by atoms with Crippen molar-refractivity contribution in [2.24, 2.45) is 4.99 Å². The zero-order chi connectivity index (χ0) is 15.2. The molecule has 0 saturated carbocycles. The van der Waals surface area contributed by atoms with Crippen molar-refractivity contribution >= 4 is 5.96 Å². The minimum atomic E-state index is 0.225. The van der Waals surface area contributed by atoms with Gasteiger partial charge >= 0.3 is 0 Å². The number of ether oxygens (including phenoxy) is 1. The average Bonchev–Trinajstić information content (AvgIpc) is 2.81. The molecule has 1 aromatic carbocycles. The first kappa shape index (κ1) is 15.3.